The molecule has 0 aliphatic carbocycles. The van der Waals surface area contributed by atoms with Gasteiger partial charge in [0.25, 0.3) is 0 Å². The first-order valence-corrected chi connectivity index (χ1v) is 1.10. The van der Waals surface area contributed by atoms with E-state index in [4.69, 9.17) is 30.6 Å². The summed E-state index contributed by atoms with van der Waals surface area (Å²) < 4.78 is 0. The molecule has 9 heavy (non-hydrogen) atoms. The van der Waals surface area contributed by atoms with Crippen LogP contribution in [-0.2, 0) is 0 Å². The Balaban J connectivity index is -0.0000000720. The van der Waals surface area contributed by atoms with Gasteiger partial charge in [-0.1, -0.05) is 0 Å². The van der Waals surface area contributed by atoms with E-state index in [1.165, 1.54) is 0 Å². The maximum atomic E-state index is 8.25. The topological polar surface area (TPSA) is 132 Å². The van der Waals surface area contributed by atoms with Crippen molar-refractivity contribution in [2.75, 3.05) is 0 Å². The van der Waals surface area contributed by atoms with Crippen molar-refractivity contribution in [1.29, 1.82) is 0 Å². The summed E-state index contributed by atoms with van der Waals surface area (Å²) in [5, 5.41) is 29.5. The van der Waals surface area contributed by atoms with Gasteiger partial charge in [0.2, 0.25) is 0 Å². The molecular formula is HBiN2O6. The molecule has 0 unspecified atom stereocenters. The molecule has 52 valence electrons. The van der Waals surface area contributed by atoms with Crippen molar-refractivity contribution in [3.63, 3.8) is 0 Å². The average molecular weight is 334 g/mol. The van der Waals surface area contributed by atoms with Crippen LogP contribution in [0.4, 0.5) is 0 Å². The Morgan fingerprint density at radius 1 is 0.778 bits per heavy atom. The molecule has 0 aromatic heterocycles. The van der Waals surface area contributed by atoms with Crippen LogP contribution >= 0.6 is 0 Å². The molecule has 0 saturated carbocycles. The number of hydrogen-bond acceptors (Lipinski definition) is 6. The third-order valence-electron chi connectivity index (χ3n) is 0. The van der Waals surface area contributed by atoms with Gasteiger partial charge >= 0.3 is 26.2 Å². The Hall–Kier alpha value is -0.717. The summed E-state index contributed by atoms with van der Waals surface area (Å²) in [6, 6.07) is 0. The predicted molar refractivity (Wildman–Crippen MR) is 27.9 cm³/mol. The maximum absolute atomic E-state index is 8.25. The first-order chi connectivity index (χ1) is 3.46. The molecule has 2 radical (unpaired) electrons. The molecule has 0 aromatic rings. The first-order valence-electron chi connectivity index (χ1n) is 1.10. The molecule has 9 heteroatoms. The molecule has 0 aliphatic rings. The third kappa shape index (κ3) is 396. The van der Waals surface area contributed by atoms with E-state index >= 15 is 0 Å². The monoisotopic (exact) mass is 334 g/mol. The fourth-order valence-electron chi connectivity index (χ4n) is 0. The quantitative estimate of drug-likeness (QED) is 0.313. The van der Waals surface area contributed by atoms with E-state index in [1.807, 2.05) is 0 Å². The molecule has 0 atom stereocenters. The van der Waals surface area contributed by atoms with E-state index in [-0.39, 0.29) is 26.2 Å². The van der Waals surface area contributed by atoms with Crippen molar-refractivity contribution < 1.29 is 10.2 Å². The summed E-state index contributed by atoms with van der Waals surface area (Å²) in [4.78, 5) is 16.5. The van der Waals surface area contributed by atoms with Crippen LogP contribution in [0.1, 0.15) is 0 Å². The molecule has 0 saturated heterocycles. The zero-order valence-corrected chi connectivity index (χ0v) is 7.73. The van der Waals surface area contributed by atoms with Gasteiger partial charge < -0.3 is 30.6 Å². The zero-order valence-electron chi connectivity index (χ0n) is 3.84. The van der Waals surface area contributed by atoms with Gasteiger partial charge in [0.15, 0.2) is 0 Å². The molecule has 0 fully saturated rings. The van der Waals surface area contributed by atoms with Gasteiger partial charge in [-0.15, -0.1) is 0 Å². The van der Waals surface area contributed by atoms with Gasteiger partial charge in [-0.2, -0.15) is 0 Å². The Kier molecular flexibility index (Phi) is 18.0. The molecule has 0 rings (SSSR count). The second kappa shape index (κ2) is 10.3. The normalized spacial score (nSPS) is 5.33. The van der Waals surface area contributed by atoms with Crippen molar-refractivity contribution in [2.45, 2.75) is 0 Å². The van der Waals surface area contributed by atoms with Crippen LogP contribution in [0.2, 0.25) is 0 Å². The van der Waals surface area contributed by atoms with Gasteiger partial charge in [0.1, 0.15) is 0 Å². The Morgan fingerprint density at radius 3 is 0.778 bits per heavy atom. The Labute approximate surface area is 67.4 Å². The number of rotatable bonds is 0. The molecule has 0 N–H and O–H groups in total. The zero-order chi connectivity index (χ0) is 7.15. The van der Waals surface area contributed by atoms with Crippen molar-refractivity contribution >= 4 is 26.2 Å². The van der Waals surface area contributed by atoms with E-state index in [2.05, 4.69) is 0 Å². The number of hydrogen-bond donors (Lipinski definition) is 0. The van der Waals surface area contributed by atoms with Crippen molar-refractivity contribution in [2.24, 2.45) is 0 Å². The predicted octanol–water partition coefficient (Wildman–Crippen LogP) is -1.13. The van der Waals surface area contributed by atoms with Gasteiger partial charge in [-0.05, 0) is 0 Å². The van der Waals surface area contributed by atoms with Gasteiger partial charge in [-0.25, -0.2) is 0 Å². The van der Waals surface area contributed by atoms with E-state index in [0.29, 0.717) is 0 Å². The molecular weight excluding hydrogens is 333 g/mol. The van der Waals surface area contributed by atoms with Crippen LogP contribution in [0.15, 0.2) is 0 Å². The van der Waals surface area contributed by atoms with Gasteiger partial charge in [0.05, 0.1) is 10.2 Å². The summed E-state index contributed by atoms with van der Waals surface area (Å²) in [7, 11) is 0. The van der Waals surface area contributed by atoms with Crippen LogP contribution in [0, 0.1) is 30.6 Å². The average Bonchev–Trinajstić information content (AvgIpc) is 1.25. The summed E-state index contributed by atoms with van der Waals surface area (Å²) in [6.45, 7) is 0. The van der Waals surface area contributed by atoms with E-state index in [1.54, 1.807) is 0 Å². The Morgan fingerprint density at radius 2 is 0.778 bits per heavy atom. The van der Waals surface area contributed by atoms with E-state index in [0.717, 1.165) is 0 Å². The first kappa shape index (κ1) is 15.7. The van der Waals surface area contributed by atoms with Crippen LogP contribution in [0.3, 0.4) is 0 Å². The molecule has 0 aromatic carbocycles. The second-order valence-corrected chi connectivity index (χ2v) is 0.447. The van der Waals surface area contributed by atoms with Crippen LogP contribution in [0.5, 0.6) is 0 Å². The minimum absolute atomic E-state index is 0. The number of nitrogens with zero attached hydrogens (tertiary/aromatic N) is 2. The Bertz CT molecular complexity index is 69.1. The fraction of sp³-hybridized carbons (Fsp3) is 0. The molecule has 0 bridgehead atoms. The summed E-state index contributed by atoms with van der Waals surface area (Å²) in [5.74, 6) is 0. The van der Waals surface area contributed by atoms with Crippen molar-refractivity contribution in [3.05, 3.63) is 30.6 Å². The molecule has 8 nitrogen and oxygen atoms in total. The van der Waals surface area contributed by atoms with Crippen LogP contribution in [0.25, 0.3) is 0 Å². The van der Waals surface area contributed by atoms with Crippen molar-refractivity contribution in [3.8, 4) is 0 Å². The van der Waals surface area contributed by atoms with E-state index in [9.17, 15) is 0 Å². The molecule has 0 amide bonds. The standard InChI is InChI=1S/Bi.2NO3.H/c;2*2-1(3)4;/q+2;2*-1;. The third-order valence-corrected chi connectivity index (χ3v) is 0. The van der Waals surface area contributed by atoms with Crippen LogP contribution < -0.4 is 0 Å². The molecule has 0 spiro atoms. The minimum atomic E-state index is -1.75. The second-order valence-electron chi connectivity index (χ2n) is 0.447. The molecule has 0 aliphatic heterocycles. The van der Waals surface area contributed by atoms with Crippen molar-refractivity contribution in [1.82, 2.24) is 0 Å². The summed E-state index contributed by atoms with van der Waals surface area (Å²) >= 11 is 0. The fourth-order valence-corrected chi connectivity index (χ4v) is 0. The summed E-state index contributed by atoms with van der Waals surface area (Å²) in [5.41, 5.74) is 0. The van der Waals surface area contributed by atoms with Gasteiger partial charge in [-0.3, -0.25) is 0 Å². The molecule has 0 heterocycles. The van der Waals surface area contributed by atoms with Crippen LogP contribution in [-0.4, -0.2) is 36.4 Å². The SMILES string of the molecule is O=[N+]([O-])[O-].O=[N+]([O-])[O-].[BiH+2]. The summed E-state index contributed by atoms with van der Waals surface area (Å²) in [6.07, 6.45) is 0. The van der Waals surface area contributed by atoms with Gasteiger partial charge in [0, 0.05) is 0 Å². The van der Waals surface area contributed by atoms with E-state index < -0.39 is 10.2 Å².